The van der Waals surface area contributed by atoms with Gasteiger partial charge in [0.1, 0.15) is 0 Å². The molecule has 0 unspecified atom stereocenters. The second-order valence-corrected chi connectivity index (χ2v) is 1.57. The van der Waals surface area contributed by atoms with Gasteiger partial charge in [-0.05, 0) is 18.2 Å². The summed E-state index contributed by atoms with van der Waals surface area (Å²) in [5, 5.41) is 27.4. The van der Waals surface area contributed by atoms with Crippen molar-refractivity contribution >= 4 is 17.9 Å². The molecule has 0 aromatic heterocycles. The normalized spacial score (nSPS) is 6.00. The fourth-order valence-corrected chi connectivity index (χ4v) is 0. The number of hydrogen-bond donors (Lipinski definition) is 0. The van der Waals surface area contributed by atoms with E-state index in [-0.39, 0.29) is 17.4 Å². The molecule has 0 aliphatic heterocycles. The minimum atomic E-state index is -1.23. The van der Waals surface area contributed by atoms with E-state index in [1.165, 1.54) is 0 Å². The van der Waals surface area contributed by atoms with Gasteiger partial charge in [-0.15, -0.1) is 0 Å². The molecule has 0 N–H and O–H groups in total. The monoisotopic (exact) mass is 265 g/mol. The fraction of sp³-hybridized carbons (Fsp3) is 0. The van der Waals surface area contributed by atoms with E-state index in [1.807, 2.05) is 0 Å². The number of carboxylic acids is 3. The van der Waals surface area contributed by atoms with Crippen LogP contribution in [0, 0.1) is 0 Å². The maximum Gasteiger partial charge on any atom is 0.0636 e. The molecule has 0 aromatic carbocycles. The summed E-state index contributed by atoms with van der Waals surface area (Å²) in [6, 6.07) is 0. The van der Waals surface area contributed by atoms with Crippen LogP contribution in [0.15, 0.2) is 38.0 Å². The minimum absolute atomic E-state index is 0. The van der Waals surface area contributed by atoms with Crippen LogP contribution < -0.4 is 15.3 Å². The summed E-state index contributed by atoms with van der Waals surface area (Å²) in [5.41, 5.74) is 0. The molecule has 7 heteroatoms. The molecule has 0 fully saturated rings. The Morgan fingerprint density at radius 3 is 0.750 bits per heavy atom. The van der Waals surface area contributed by atoms with Gasteiger partial charge in [0.2, 0.25) is 0 Å². The van der Waals surface area contributed by atoms with Crippen molar-refractivity contribution < 1.29 is 47.1 Å². The maximum atomic E-state index is 9.14. The van der Waals surface area contributed by atoms with Crippen LogP contribution >= 0.6 is 0 Å². The largest absolute Gasteiger partial charge is 0.545 e. The van der Waals surface area contributed by atoms with Gasteiger partial charge in [0.15, 0.2) is 0 Å². The molecule has 0 aromatic rings. The zero-order valence-electron chi connectivity index (χ0n) is 8.21. The van der Waals surface area contributed by atoms with Gasteiger partial charge < -0.3 is 29.7 Å². The summed E-state index contributed by atoms with van der Waals surface area (Å²) in [6.45, 7) is 8.69. The summed E-state index contributed by atoms with van der Waals surface area (Å²) < 4.78 is 0. The topological polar surface area (TPSA) is 120 Å². The second-order valence-electron chi connectivity index (χ2n) is 1.57. The summed E-state index contributed by atoms with van der Waals surface area (Å²) in [4.78, 5) is 27.4. The number of hydrogen-bond acceptors (Lipinski definition) is 6. The van der Waals surface area contributed by atoms with Gasteiger partial charge in [0.05, 0.1) is 17.9 Å². The van der Waals surface area contributed by atoms with E-state index in [1.54, 1.807) is 0 Å². The van der Waals surface area contributed by atoms with Gasteiger partial charge in [-0.2, -0.15) is 0 Å². The molecular weight excluding hydrogens is 256 g/mol. The van der Waals surface area contributed by atoms with E-state index in [2.05, 4.69) is 19.7 Å². The predicted molar refractivity (Wildman–Crippen MR) is 45.6 cm³/mol. The molecule has 0 spiro atoms. The van der Waals surface area contributed by atoms with Crippen LogP contribution in [0.1, 0.15) is 0 Å². The molecule has 0 saturated carbocycles. The summed E-state index contributed by atoms with van der Waals surface area (Å²) in [5.74, 6) is -3.69. The number of carbonyl (C=O) groups excluding carboxylic acids is 3. The van der Waals surface area contributed by atoms with Crippen LogP contribution in [-0.2, 0) is 31.7 Å². The van der Waals surface area contributed by atoms with Crippen LogP contribution in [-0.4, -0.2) is 17.9 Å². The fourth-order valence-electron chi connectivity index (χ4n) is 0. The first-order valence-corrected chi connectivity index (χ1v) is 3.32. The molecule has 0 heterocycles. The number of rotatable bonds is 3. The molecule has 0 rings (SSSR count). The average Bonchev–Trinajstić information content (AvgIpc) is 2.19. The van der Waals surface area contributed by atoms with E-state index in [0.717, 1.165) is 18.2 Å². The van der Waals surface area contributed by atoms with Crippen LogP contribution in [0.5, 0.6) is 0 Å². The third-order valence-corrected chi connectivity index (χ3v) is 0.500. The number of carbonyl (C=O) groups is 3. The quantitative estimate of drug-likeness (QED) is 0.494. The van der Waals surface area contributed by atoms with E-state index >= 15 is 0 Å². The van der Waals surface area contributed by atoms with Crippen LogP contribution in [0.4, 0.5) is 0 Å². The zero-order chi connectivity index (χ0) is 12.9. The maximum absolute atomic E-state index is 9.14. The Morgan fingerprint density at radius 2 is 0.750 bits per heavy atom. The first kappa shape index (κ1) is 23.8. The van der Waals surface area contributed by atoms with E-state index < -0.39 is 17.9 Å². The van der Waals surface area contributed by atoms with Crippen LogP contribution in [0.2, 0.25) is 0 Å². The van der Waals surface area contributed by atoms with Crippen molar-refractivity contribution in [1.29, 1.82) is 0 Å². The van der Waals surface area contributed by atoms with Gasteiger partial charge in [-0.3, -0.25) is 0 Å². The van der Waals surface area contributed by atoms with Gasteiger partial charge in [-0.1, -0.05) is 19.7 Å². The molecule has 0 aliphatic rings. The first-order chi connectivity index (χ1) is 6.81. The SMILES string of the molecule is C=CC(=O)[O-].C=CC(=O)[O-].C=CC(=O)[O-].[Cr]. The molecule has 0 aliphatic carbocycles. The standard InChI is InChI=1S/3C3H4O2.Cr/c3*1-2-3(4)5;/h3*2H,1H2,(H,4,5);/p-3. The average molecular weight is 265 g/mol. The molecule has 0 radical (unpaired) electrons. The Labute approximate surface area is 103 Å². The van der Waals surface area contributed by atoms with Gasteiger partial charge >= 0.3 is 0 Å². The van der Waals surface area contributed by atoms with Crippen molar-refractivity contribution in [3.63, 3.8) is 0 Å². The molecule has 0 amide bonds. The van der Waals surface area contributed by atoms with E-state index in [4.69, 9.17) is 29.7 Å². The number of carboxylic acid groups (broad SMARTS) is 3. The third-order valence-electron chi connectivity index (χ3n) is 0.500. The predicted octanol–water partition coefficient (Wildman–Crippen LogP) is -3.24. The third kappa shape index (κ3) is 87.5. The summed E-state index contributed by atoms with van der Waals surface area (Å²) in [7, 11) is 0. The van der Waals surface area contributed by atoms with Crippen molar-refractivity contribution in [2.75, 3.05) is 0 Å². The van der Waals surface area contributed by atoms with Crippen LogP contribution in [0.25, 0.3) is 0 Å². The number of aliphatic carboxylic acids is 3. The zero-order valence-corrected chi connectivity index (χ0v) is 9.49. The molecular formula is C9H9CrO6-3. The Bertz CT molecular complexity index is 216. The van der Waals surface area contributed by atoms with Gasteiger partial charge in [-0.25, -0.2) is 0 Å². The van der Waals surface area contributed by atoms with Crippen molar-refractivity contribution in [2.24, 2.45) is 0 Å². The Balaban J connectivity index is -0.0000000655. The van der Waals surface area contributed by atoms with Crippen LogP contribution in [0.3, 0.4) is 0 Å². The Morgan fingerprint density at radius 1 is 0.688 bits per heavy atom. The molecule has 0 bridgehead atoms. The van der Waals surface area contributed by atoms with Gasteiger partial charge in [0, 0.05) is 17.4 Å². The second kappa shape index (κ2) is 18.9. The van der Waals surface area contributed by atoms with Crippen molar-refractivity contribution in [2.45, 2.75) is 0 Å². The molecule has 0 saturated heterocycles. The summed E-state index contributed by atoms with van der Waals surface area (Å²) >= 11 is 0. The van der Waals surface area contributed by atoms with E-state index in [9.17, 15) is 0 Å². The van der Waals surface area contributed by atoms with E-state index in [0.29, 0.717) is 0 Å². The van der Waals surface area contributed by atoms with Gasteiger partial charge in [0.25, 0.3) is 0 Å². The first-order valence-electron chi connectivity index (χ1n) is 3.32. The molecule has 16 heavy (non-hydrogen) atoms. The smallest absolute Gasteiger partial charge is 0.0636 e. The van der Waals surface area contributed by atoms with Crippen molar-refractivity contribution in [3.05, 3.63) is 38.0 Å². The Kier molecular flexibility index (Phi) is 28.0. The summed E-state index contributed by atoms with van der Waals surface area (Å²) in [6.07, 6.45) is 2.17. The molecule has 6 nitrogen and oxygen atoms in total. The molecule has 0 atom stereocenters. The van der Waals surface area contributed by atoms with Crippen molar-refractivity contribution in [1.82, 2.24) is 0 Å². The Hall–Kier alpha value is -1.84. The minimum Gasteiger partial charge on any atom is -0.545 e. The van der Waals surface area contributed by atoms with Crippen molar-refractivity contribution in [3.8, 4) is 0 Å². The molecule has 90 valence electrons.